The van der Waals surface area contributed by atoms with Gasteiger partial charge in [-0.15, -0.1) is 0 Å². The second kappa shape index (κ2) is 3.22. The molecular weight excluding hydrogens is 200 g/mol. The summed E-state index contributed by atoms with van der Waals surface area (Å²) < 4.78 is 30.5. The summed E-state index contributed by atoms with van der Waals surface area (Å²) in [6, 6.07) is 4.64. The van der Waals surface area contributed by atoms with E-state index in [9.17, 15) is 8.42 Å². The summed E-state index contributed by atoms with van der Waals surface area (Å²) in [4.78, 5) is -0.0391. The lowest BCUT2D eigenvalue weighted by molar-refractivity contribution is 0.483. The molecule has 0 amide bonds. The van der Waals surface area contributed by atoms with E-state index in [0.717, 1.165) is 23.3 Å². The Morgan fingerprint density at radius 1 is 1.07 bits per heavy atom. The number of rotatable bonds is 1. The maximum Gasteiger partial charge on any atom is 0.294 e. The molecule has 0 bridgehead atoms. The van der Waals surface area contributed by atoms with Crippen LogP contribution in [-0.2, 0) is 10.1 Å². The van der Waals surface area contributed by atoms with Crippen molar-refractivity contribution >= 4 is 22.3 Å². The van der Waals surface area contributed by atoms with Crippen molar-refractivity contribution in [3.63, 3.8) is 0 Å². The highest BCUT2D eigenvalue weighted by Gasteiger charge is 2.08. The van der Waals surface area contributed by atoms with Gasteiger partial charge < -0.3 is 0 Å². The van der Waals surface area contributed by atoms with Crippen LogP contribution in [0.2, 0.25) is 0 Å². The molecule has 0 atom stereocenters. The molecule has 4 heteroatoms. The minimum Gasteiger partial charge on any atom is -0.282 e. The van der Waals surface area contributed by atoms with Crippen LogP contribution >= 0.6 is 0 Å². The molecule has 0 saturated heterocycles. The smallest absolute Gasteiger partial charge is 0.282 e. The van der Waals surface area contributed by atoms with E-state index in [1.54, 1.807) is 6.07 Å². The minimum atomic E-state index is -4.07. The monoisotopic (exact) mass is 210 g/mol. The second-order valence-corrected chi connectivity index (χ2v) is 4.67. The average molecular weight is 210 g/mol. The van der Waals surface area contributed by atoms with Gasteiger partial charge in [0.25, 0.3) is 10.1 Å². The molecule has 0 unspecified atom stereocenters. The summed E-state index contributed by atoms with van der Waals surface area (Å²) in [5.74, 6) is 0. The van der Waals surface area contributed by atoms with Gasteiger partial charge in [-0.1, -0.05) is 18.2 Å². The first-order valence-corrected chi connectivity index (χ1v) is 5.79. The van der Waals surface area contributed by atoms with Crippen molar-refractivity contribution in [2.75, 3.05) is 0 Å². The fourth-order valence-electron chi connectivity index (χ4n) is 1.55. The van der Waals surface area contributed by atoms with Crippen LogP contribution in [0.3, 0.4) is 0 Å². The molecule has 0 aromatic heterocycles. The van der Waals surface area contributed by atoms with Gasteiger partial charge in [-0.3, -0.25) is 4.55 Å². The van der Waals surface area contributed by atoms with Gasteiger partial charge in [-0.2, -0.15) is 8.42 Å². The Bertz CT molecular complexity index is 570. The van der Waals surface area contributed by atoms with Gasteiger partial charge in [0, 0.05) is 0 Å². The summed E-state index contributed by atoms with van der Waals surface area (Å²) in [7, 11) is -4.07. The normalized spacial score (nSPS) is 15.2. The average Bonchev–Trinajstić information content (AvgIpc) is 2.16. The molecule has 1 N–H and O–H groups in total. The van der Waals surface area contributed by atoms with E-state index in [2.05, 4.69) is 6.08 Å². The summed E-state index contributed by atoms with van der Waals surface area (Å²) in [5, 5.41) is 1.91. The summed E-state index contributed by atoms with van der Waals surface area (Å²) in [5.41, 5.74) is 0. The van der Waals surface area contributed by atoms with Gasteiger partial charge >= 0.3 is 0 Å². The fourth-order valence-corrected chi connectivity index (χ4v) is 2.07. The molecule has 0 radical (unpaired) electrons. The van der Waals surface area contributed by atoms with Crippen LogP contribution in [0.25, 0.3) is 12.2 Å². The fraction of sp³-hybridized carbons (Fsp3) is 0.200. The molecule has 14 heavy (non-hydrogen) atoms. The molecule has 0 aliphatic heterocycles. The third-order valence-electron chi connectivity index (χ3n) is 2.25. The van der Waals surface area contributed by atoms with Gasteiger partial charge in [-0.05, 0) is 35.4 Å². The van der Waals surface area contributed by atoms with E-state index in [1.807, 2.05) is 6.08 Å². The Balaban J connectivity index is 2.74. The minimum absolute atomic E-state index is 0.0391. The lowest BCUT2D eigenvalue weighted by atomic mass is 10.1. The van der Waals surface area contributed by atoms with Crippen LogP contribution < -0.4 is 10.4 Å². The highest BCUT2D eigenvalue weighted by Crippen LogP contribution is 2.03. The highest BCUT2D eigenvalue weighted by atomic mass is 32.2. The third-order valence-corrected chi connectivity index (χ3v) is 3.10. The number of hydrogen-bond acceptors (Lipinski definition) is 2. The van der Waals surface area contributed by atoms with Crippen LogP contribution in [0, 0.1) is 0 Å². The van der Waals surface area contributed by atoms with Crippen molar-refractivity contribution in [1.29, 1.82) is 0 Å². The first-order chi connectivity index (χ1) is 6.57. The Morgan fingerprint density at radius 3 is 2.36 bits per heavy atom. The topological polar surface area (TPSA) is 54.4 Å². The number of hydrogen-bond donors (Lipinski definition) is 1. The molecule has 1 aromatic rings. The molecule has 0 saturated carbocycles. The predicted octanol–water partition coefficient (Wildman–Crippen LogP) is 0.288. The van der Waals surface area contributed by atoms with E-state index in [0.29, 0.717) is 0 Å². The van der Waals surface area contributed by atoms with E-state index >= 15 is 0 Å². The molecule has 1 aromatic carbocycles. The SMILES string of the molecule is O=S(=O)(O)c1ccc2c(c1)=CCCC=2. The molecule has 1 aliphatic carbocycles. The standard InChI is InChI=1S/C10H10O3S/c11-14(12,13)10-6-5-8-3-1-2-4-9(8)7-10/h3-7H,1-2H2,(H,11,12,13). The quantitative estimate of drug-likeness (QED) is 0.678. The van der Waals surface area contributed by atoms with Gasteiger partial charge in [0.1, 0.15) is 0 Å². The largest absolute Gasteiger partial charge is 0.294 e. The van der Waals surface area contributed by atoms with Crippen LogP contribution in [-0.4, -0.2) is 13.0 Å². The van der Waals surface area contributed by atoms with Crippen molar-refractivity contribution in [2.24, 2.45) is 0 Å². The van der Waals surface area contributed by atoms with Gasteiger partial charge in [-0.25, -0.2) is 0 Å². The van der Waals surface area contributed by atoms with Gasteiger partial charge in [0.2, 0.25) is 0 Å². The number of benzene rings is 1. The van der Waals surface area contributed by atoms with Gasteiger partial charge in [0.05, 0.1) is 4.90 Å². The zero-order valence-corrected chi connectivity index (χ0v) is 8.29. The van der Waals surface area contributed by atoms with E-state index < -0.39 is 10.1 Å². The molecule has 3 nitrogen and oxygen atoms in total. The zero-order chi connectivity index (χ0) is 10.2. The van der Waals surface area contributed by atoms with E-state index in [4.69, 9.17) is 4.55 Å². The molecule has 2 rings (SSSR count). The highest BCUT2D eigenvalue weighted by molar-refractivity contribution is 7.85. The molecule has 1 aliphatic rings. The van der Waals surface area contributed by atoms with Crippen molar-refractivity contribution in [1.82, 2.24) is 0 Å². The van der Waals surface area contributed by atoms with Gasteiger partial charge in [0.15, 0.2) is 0 Å². The molecule has 0 fully saturated rings. The van der Waals surface area contributed by atoms with Crippen molar-refractivity contribution in [3.8, 4) is 0 Å². The Kier molecular flexibility index (Phi) is 2.17. The maximum absolute atomic E-state index is 10.9. The van der Waals surface area contributed by atoms with Crippen molar-refractivity contribution in [2.45, 2.75) is 17.7 Å². The third kappa shape index (κ3) is 1.71. The lowest BCUT2D eigenvalue weighted by Gasteiger charge is -2.01. The predicted molar refractivity (Wildman–Crippen MR) is 53.7 cm³/mol. The molecule has 0 heterocycles. The number of fused-ring (bicyclic) bond motifs is 1. The Labute approximate surface area is 82.1 Å². The molecule has 0 spiro atoms. The maximum atomic E-state index is 10.9. The van der Waals surface area contributed by atoms with Crippen LogP contribution in [0.1, 0.15) is 12.8 Å². The zero-order valence-electron chi connectivity index (χ0n) is 7.47. The lowest BCUT2D eigenvalue weighted by Crippen LogP contribution is -2.27. The summed E-state index contributed by atoms with van der Waals surface area (Å²) in [6.07, 6.45) is 5.94. The molecular formula is C10H10O3S. The van der Waals surface area contributed by atoms with Crippen molar-refractivity contribution < 1.29 is 13.0 Å². The Morgan fingerprint density at radius 2 is 1.71 bits per heavy atom. The van der Waals surface area contributed by atoms with E-state index in [1.165, 1.54) is 12.1 Å². The second-order valence-electron chi connectivity index (χ2n) is 3.25. The van der Waals surface area contributed by atoms with E-state index in [-0.39, 0.29) is 4.90 Å². The summed E-state index contributed by atoms with van der Waals surface area (Å²) >= 11 is 0. The summed E-state index contributed by atoms with van der Waals surface area (Å²) in [6.45, 7) is 0. The van der Waals surface area contributed by atoms with Crippen LogP contribution in [0.5, 0.6) is 0 Å². The first-order valence-electron chi connectivity index (χ1n) is 4.35. The van der Waals surface area contributed by atoms with Crippen molar-refractivity contribution in [3.05, 3.63) is 28.6 Å². The van der Waals surface area contributed by atoms with Crippen LogP contribution in [0.15, 0.2) is 23.1 Å². The van der Waals surface area contributed by atoms with Crippen LogP contribution in [0.4, 0.5) is 0 Å². The molecule has 74 valence electrons. The first kappa shape index (κ1) is 9.43. The Hall–Kier alpha value is -1.13.